The smallest absolute Gasteiger partial charge is 0.311 e. The first-order valence-corrected chi connectivity index (χ1v) is 10.9. The molecule has 1 heterocycles. The number of benzene rings is 1. The van der Waals surface area contributed by atoms with Crippen molar-refractivity contribution >= 4 is 21.9 Å². The normalized spacial score (nSPS) is 23.5. The van der Waals surface area contributed by atoms with Crippen molar-refractivity contribution in [3.8, 4) is 0 Å². The van der Waals surface area contributed by atoms with Crippen LogP contribution in [-0.4, -0.2) is 43.3 Å². The van der Waals surface area contributed by atoms with Crippen molar-refractivity contribution in [2.45, 2.75) is 55.4 Å². The Hall–Kier alpha value is -1.93. The number of rotatable bonds is 5. The first-order chi connectivity index (χ1) is 12.8. The molecule has 2 fully saturated rings. The molecule has 1 aromatic carbocycles. The van der Waals surface area contributed by atoms with E-state index in [1.54, 1.807) is 30.3 Å². The van der Waals surface area contributed by atoms with Crippen molar-refractivity contribution in [1.82, 2.24) is 4.31 Å². The average molecular weight is 394 g/mol. The molecule has 1 saturated carbocycles. The summed E-state index contributed by atoms with van der Waals surface area (Å²) < 4.78 is 32.6. The second-order valence-electron chi connectivity index (χ2n) is 7.36. The molecular weight excluding hydrogens is 368 g/mol. The van der Waals surface area contributed by atoms with Crippen molar-refractivity contribution in [2.75, 3.05) is 13.1 Å². The first-order valence-electron chi connectivity index (χ1n) is 9.43. The molecule has 0 bridgehead atoms. The van der Waals surface area contributed by atoms with Gasteiger partial charge in [0, 0.05) is 13.1 Å². The maximum Gasteiger partial charge on any atom is 0.311 e. The summed E-state index contributed by atoms with van der Waals surface area (Å²) in [6.07, 6.45) is 4.54. The molecule has 3 rings (SSSR count). The van der Waals surface area contributed by atoms with Gasteiger partial charge in [-0.1, -0.05) is 24.6 Å². The van der Waals surface area contributed by atoms with Crippen LogP contribution >= 0.6 is 0 Å². The van der Waals surface area contributed by atoms with E-state index < -0.39 is 33.4 Å². The number of hydrogen-bond donors (Lipinski definition) is 1. The number of amides is 1. The Morgan fingerprint density at radius 2 is 1.74 bits per heavy atom. The molecule has 1 aromatic rings. The number of esters is 1. The number of carbonyl (C=O) groups is 2. The predicted octanol–water partition coefficient (Wildman–Crippen LogP) is 1.82. The second-order valence-corrected chi connectivity index (χ2v) is 9.29. The zero-order chi connectivity index (χ0) is 19.5. The fourth-order valence-corrected chi connectivity index (χ4v) is 5.44. The van der Waals surface area contributed by atoms with E-state index in [1.165, 1.54) is 4.31 Å². The van der Waals surface area contributed by atoms with Crippen LogP contribution in [0.4, 0.5) is 0 Å². The van der Waals surface area contributed by atoms with Gasteiger partial charge < -0.3 is 10.5 Å². The zero-order valence-electron chi connectivity index (χ0n) is 15.3. The minimum Gasteiger partial charge on any atom is -0.449 e. The lowest BCUT2D eigenvalue weighted by atomic mass is 9.84. The Kier molecular flexibility index (Phi) is 5.86. The Balaban J connectivity index is 1.72. The van der Waals surface area contributed by atoms with Crippen molar-refractivity contribution in [1.29, 1.82) is 0 Å². The number of primary amides is 1. The van der Waals surface area contributed by atoms with Crippen LogP contribution in [0.3, 0.4) is 0 Å². The molecule has 0 aromatic heterocycles. The third kappa shape index (κ3) is 4.16. The van der Waals surface area contributed by atoms with E-state index in [1.807, 2.05) is 0 Å². The van der Waals surface area contributed by atoms with Gasteiger partial charge in [0.2, 0.25) is 10.0 Å². The lowest BCUT2D eigenvalue weighted by Crippen LogP contribution is -2.51. The summed E-state index contributed by atoms with van der Waals surface area (Å²) in [6.45, 7) is 0.423. The van der Waals surface area contributed by atoms with Crippen LogP contribution in [0.5, 0.6) is 0 Å². The van der Waals surface area contributed by atoms with Gasteiger partial charge in [-0.25, -0.2) is 8.42 Å². The van der Waals surface area contributed by atoms with Crippen LogP contribution in [0.25, 0.3) is 0 Å². The number of ether oxygens (including phenoxy) is 1. The molecule has 2 aliphatic rings. The molecule has 0 radical (unpaired) electrons. The predicted molar refractivity (Wildman–Crippen MR) is 99.0 cm³/mol. The van der Waals surface area contributed by atoms with Gasteiger partial charge in [-0.3, -0.25) is 9.59 Å². The standard InChI is InChI=1S/C19H26N2O5S/c20-18(23)19(11-5-2-6-12-19)26-17(22)15-8-7-13-21(14-15)27(24,25)16-9-3-1-4-10-16/h1,3-4,9-10,15H,2,5-8,11-14H2,(H2,20,23). The van der Waals surface area contributed by atoms with E-state index in [9.17, 15) is 18.0 Å². The molecule has 1 atom stereocenters. The van der Waals surface area contributed by atoms with Gasteiger partial charge in [0.25, 0.3) is 5.91 Å². The number of nitrogens with zero attached hydrogens (tertiary/aromatic N) is 1. The monoisotopic (exact) mass is 394 g/mol. The average Bonchev–Trinajstić information content (AvgIpc) is 2.69. The van der Waals surface area contributed by atoms with Crippen LogP contribution < -0.4 is 5.73 Å². The number of carbonyl (C=O) groups excluding carboxylic acids is 2. The van der Waals surface area contributed by atoms with Crippen molar-refractivity contribution < 1.29 is 22.7 Å². The molecule has 2 N–H and O–H groups in total. The quantitative estimate of drug-likeness (QED) is 0.767. The number of piperidine rings is 1. The molecule has 148 valence electrons. The summed E-state index contributed by atoms with van der Waals surface area (Å²) in [5.41, 5.74) is 4.29. The third-order valence-corrected chi connectivity index (χ3v) is 7.38. The molecule has 27 heavy (non-hydrogen) atoms. The molecule has 1 amide bonds. The number of sulfonamides is 1. The minimum atomic E-state index is -3.66. The molecule has 1 aliphatic heterocycles. The summed E-state index contributed by atoms with van der Waals surface area (Å²) >= 11 is 0. The Labute approximate surface area is 159 Å². The fourth-order valence-electron chi connectivity index (χ4n) is 3.89. The second kappa shape index (κ2) is 7.98. The summed E-state index contributed by atoms with van der Waals surface area (Å²) in [4.78, 5) is 24.9. The Bertz CT molecular complexity index is 788. The van der Waals surface area contributed by atoms with Crippen molar-refractivity contribution in [3.05, 3.63) is 30.3 Å². The van der Waals surface area contributed by atoms with Crippen LogP contribution in [0.1, 0.15) is 44.9 Å². The van der Waals surface area contributed by atoms with Crippen molar-refractivity contribution in [3.63, 3.8) is 0 Å². The highest BCUT2D eigenvalue weighted by molar-refractivity contribution is 7.89. The highest BCUT2D eigenvalue weighted by atomic mass is 32.2. The topological polar surface area (TPSA) is 107 Å². The summed E-state index contributed by atoms with van der Waals surface area (Å²) in [7, 11) is -3.66. The van der Waals surface area contributed by atoms with Crippen molar-refractivity contribution in [2.24, 2.45) is 11.7 Å². The van der Waals surface area contributed by atoms with Gasteiger partial charge in [0.15, 0.2) is 5.60 Å². The van der Waals surface area contributed by atoms with E-state index in [2.05, 4.69) is 0 Å². The minimum absolute atomic E-state index is 0.0604. The Morgan fingerprint density at radius 3 is 2.37 bits per heavy atom. The van der Waals surface area contributed by atoms with E-state index >= 15 is 0 Å². The highest BCUT2D eigenvalue weighted by Gasteiger charge is 2.44. The van der Waals surface area contributed by atoms with Gasteiger partial charge in [-0.05, 0) is 50.7 Å². The van der Waals surface area contributed by atoms with Crippen LogP contribution in [0.2, 0.25) is 0 Å². The van der Waals surface area contributed by atoms with Gasteiger partial charge in [-0.15, -0.1) is 0 Å². The van der Waals surface area contributed by atoms with Crippen LogP contribution in [0.15, 0.2) is 35.2 Å². The van der Waals surface area contributed by atoms with Gasteiger partial charge in [-0.2, -0.15) is 4.31 Å². The van der Waals surface area contributed by atoms with E-state index in [4.69, 9.17) is 10.5 Å². The van der Waals surface area contributed by atoms with E-state index in [0.717, 1.165) is 19.3 Å². The number of nitrogens with two attached hydrogens (primary N) is 1. The molecule has 8 heteroatoms. The SMILES string of the molecule is NC(=O)C1(OC(=O)C2CCCN(S(=O)(=O)c3ccccc3)C2)CCCCC1. The molecular formula is C19H26N2O5S. The first kappa shape index (κ1) is 19.8. The highest BCUT2D eigenvalue weighted by Crippen LogP contribution is 2.33. The molecule has 1 unspecified atom stereocenters. The molecule has 1 saturated heterocycles. The zero-order valence-corrected chi connectivity index (χ0v) is 16.1. The maximum absolute atomic E-state index is 12.8. The molecule has 0 spiro atoms. The molecule has 7 nitrogen and oxygen atoms in total. The summed E-state index contributed by atoms with van der Waals surface area (Å²) in [5.74, 6) is -1.72. The van der Waals surface area contributed by atoms with Crippen LogP contribution in [-0.2, 0) is 24.3 Å². The van der Waals surface area contributed by atoms with Gasteiger partial charge in [0.05, 0.1) is 10.8 Å². The van der Waals surface area contributed by atoms with Gasteiger partial charge >= 0.3 is 5.97 Å². The van der Waals surface area contributed by atoms with Gasteiger partial charge in [0.1, 0.15) is 0 Å². The maximum atomic E-state index is 12.8. The third-order valence-electron chi connectivity index (χ3n) is 5.50. The summed E-state index contributed by atoms with van der Waals surface area (Å²) in [5, 5.41) is 0. The summed E-state index contributed by atoms with van der Waals surface area (Å²) in [6, 6.07) is 8.18. The van der Waals surface area contributed by atoms with E-state index in [0.29, 0.717) is 32.2 Å². The Morgan fingerprint density at radius 1 is 1.07 bits per heavy atom. The number of hydrogen-bond acceptors (Lipinski definition) is 5. The lowest BCUT2D eigenvalue weighted by Gasteiger charge is -2.36. The fraction of sp³-hybridized carbons (Fsp3) is 0.579. The van der Waals surface area contributed by atoms with Crippen LogP contribution in [0, 0.1) is 5.92 Å². The lowest BCUT2D eigenvalue weighted by molar-refractivity contribution is -0.175. The van der Waals surface area contributed by atoms with E-state index in [-0.39, 0.29) is 11.4 Å². The molecule has 1 aliphatic carbocycles. The largest absolute Gasteiger partial charge is 0.449 e.